The first-order valence-corrected chi connectivity index (χ1v) is 6.95. The van der Waals surface area contributed by atoms with Crippen molar-refractivity contribution < 1.29 is 19.5 Å². The minimum Gasteiger partial charge on any atom is -0.476 e. The van der Waals surface area contributed by atoms with E-state index in [9.17, 15) is 14.7 Å². The van der Waals surface area contributed by atoms with Gasteiger partial charge in [0.2, 0.25) is 23.1 Å². The van der Waals surface area contributed by atoms with Crippen molar-refractivity contribution >= 4 is 34.8 Å². The molecule has 9 heteroatoms. The zero-order chi connectivity index (χ0) is 15.9. The fourth-order valence-electron chi connectivity index (χ4n) is 1.52. The molecule has 0 aliphatic rings. The Morgan fingerprint density at radius 2 is 2.18 bits per heavy atom. The first kappa shape index (κ1) is 15.6. The molecule has 0 fully saturated rings. The molecule has 0 aliphatic heterocycles. The lowest BCUT2D eigenvalue weighted by molar-refractivity contribution is -0.129. The van der Waals surface area contributed by atoms with Crippen LogP contribution in [-0.4, -0.2) is 32.6 Å². The molecule has 1 heterocycles. The number of carboxylic acids is 1. The number of aromatic nitrogens is 2. The Morgan fingerprint density at radius 3 is 2.82 bits per heavy atom. The second kappa shape index (κ2) is 7.27. The van der Waals surface area contributed by atoms with E-state index < -0.39 is 17.8 Å². The quantitative estimate of drug-likeness (QED) is 0.456. The monoisotopic (exact) mass is 320 g/mol. The van der Waals surface area contributed by atoms with E-state index in [4.69, 9.17) is 4.84 Å². The largest absolute Gasteiger partial charge is 0.476 e. The van der Waals surface area contributed by atoms with Gasteiger partial charge in [-0.25, -0.2) is 4.79 Å². The molecule has 0 spiro atoms. The van der Waals surface area contributed by atoms with Crippen LogP contribution in [0, 0.1) is 0 Å². The van der Waals surface area contributed by atoms with Crippen molar-refractivity contribution in [2.45, 2.75) is 13.0 Å². The Labute approximate surface area is 129 Å². The van der Waals surface area contributed by atoms with Gasteiger partial charge in [0.25, 0.3) is 0 Å². The first-order valence-electron chi connectivity index (χ1n) is 6.18. The number of anilines is 1. The molecule has 2 aromatic rings. The van der Waals surface area contributed by atoms with Gasteiger partial charge in [-0.05, 0) is 12.5 Å². The van der Waals surface area contributed by atoms with Crippen molar-refractivity contribution in [3.63, 3.8) is 0 Å². The average Bonchev–Trinajstić information content (AvgIpc) is 2.96. The molecule has 22 heavy (non-hydrogen) atoms. The van der Waals surface area contributed by atoms with Crippen LogP contribution < -0.4 is 5.32 Å². The predicted octanol–water partition coefficient (Wildman–Crippen LogP) is 1.67. The van der Waals surface area contributed by atoms with Gasteiger partial charge in [-0.2, -0.15) is 9.36 Å². The molecule has 0 radical (unpaired) electrons. The molecule has 114 valence electrons. The number of amides is 1. The topological polar surface area (TPSA) is 114 Å². The van der Waals surface area contributed by atoms with Crippen LogP contribution in [0.25, 0.3) is 0 Å². The number of carbonyl (C=O) groups excluding carboxylic acids is 1. The van der Waals surface area contributed by atoms with Crippen molar-refractivity contribution in [3.8, 4) is 0 Å². The number of hydrogen-bond donors (Lipinski definition) is 2. The molecular weight excluding hydrogens is 308 g/mol. The van der Waals surface area contributed by atoms with Crippen molar-refractivity contribution in [1.29, 1.82) is 0 Å². The highest BCUT2D eigenvalue weighted by Gasteiger charge is 2.20. The summed E-state index contributed by atoms with van der Waals surface area (Å²) in [7, 11) is 0. The zero-order valence-corrected chi connectivity index (χ0v) is 12.3. The summed E-state index contributed by atoms with van der Waals surface area (Å²) in [6.45, 7) is 1.74. The maximum Gasteiger partial charge on any atom is 0.362 e. The number of oxime groups is 1. The van der Waals surface area contributed by atoms with Gasteiger partial charge in [0, 0.05) is 11.5 Å². The first-order chi connectivity index (χ1) is 10.6. The zero-order valence-electron chi connectivity index (χ0n) is 11.5. The molecule has 1 atom stereocenters. The highest BCUT2D eigenvalue weighted by atomic mass is 32.1. The highest BCUT2D eigenvalue weighted by Crippen LogP contribution is 2.17. The lowest BCUT2D eigenvalue weighted by atomic mass is 10.1. The Hall–Kier alpha value is -2.81. The summed E-state index contributed by atoms with van der Waals surface area (Å²) >= 11 is 0.847. The van der Waals surface area contributed by atoms with Gasteiger partial charge in [0.05, 0.1) is 0 Å². The Bertz CT molecular complexity index is 686. The second-order valence-corrected chi connectivity index (χ2v) is 4.84. The van der Waals surface area contributed by atoms with Crippen molar-refractivity contribution in [2.24, 2.45) is 5.16 Å². The summed E-state index contributed by atoms with van der Waals surface area (Å²) in [5.41, 5.74) is 0.420. The minimum atomic E-state index is -1.32. The van der Waals surface area contributed by atoms with Gasteiger partial charge >= 0.3 is 5.97 Å². The fourth-order valence-corrected chi connectivity index (χ4v) is 2.05. The van der Waals surface area contributed by atoms with E-state index in [1.54, 1.807) is 6.92 Å². The van der Waals surface area contributed by atoms with E-state index in [2.05, 4.69) is 19.8 Å². The summed E-state index contributed by atoms with van der Waals surface area (Å²) in [6, 6.07) is 9.23. The smallest absolute Gasteiger partial charge is 0.362 e. The Morgan fingerprint density at radius 1 is 1.45 bits per heavy atom. The molecule has 2 N–H and O–H groups in total. The third-order valence-corrected chi connectivity index (χ3v) is 3.24. The van der Waals surface area contributed by atoms with E-state index in [1.165, 1.54) is 0 Å². The number of aliphatic carboxylic acids is 1. The molecule has 2 rings (SSSR count). The van der Waals surface area contributed by atoms with E-state index >= 15 is 0 Å². The molecule has 1 amide bonds. The van der Waals surface area contributed by atoms with Crippen LogP contribution >= 0.6 is 11.5 Å². The van der Waals surface area contributed by atoms with Gasteiger partial charge in [-0.15, -0.1) is 0 Å². The van der Waals surface area contributed by atoms with E-state index in [0.717, 1.165) is 17.1 Å². The van der Waals surface area contributed by atoms with Crippen molar-refractivity contribution in [2.75, 3.05) is 5.32 Å². The van der Waals surface area contributed by atoms with E-state index in [0.29, 0.717) is 6.41 Å². The van der Waals surface area contributed by atoms with Gasteiger partial charge in [-0.3, -0.25) is 4.79 Å². The number of rotatable bonds is 7. The summed E-state index contributed by atoms with van der Waals surface area (Å²) < 4.78 is 3.82. The van der Waals surface area contributed by atoms with Gasteiger partial charge < -0.3 is 15.3 Å². The molecule has 0 saturated carbocycles. The molecule has 0 saturated heterocycles. The SMILES string of the molecule is CC(ON=C(C(=O)O)c1nsc(NC=O)n1)c1ccccc1. The number of nitrogens with one attached hydrogen (secondary N) is 1. The number of nitrogens with zero attached hydrogens (tertiary/aromatic N) is 3. The average molecular weight is 320 g/mol. The minimum absolute atomic E-state index is 0.123. The lowest BCUT2D eigenvalue weighted by Crippen LogP contribution is -2.17. The van der Waals surface area contributed by atoms with Crippen LogP contribution in [0.5, 0.6) is 0 Å². The lowest BCUT2D eigenvalue weighted by Gasteiger charge is -2.09. The van der Waals surface area contributed by atoms with Crippen molar-refractivity contribution in [1.82, 2.24) is 9.36 Å². The highest BCUT2D eigenvalue weighted by molar-refractivity contribution is 7.10. The van der Waals surface area contributed by atoms with Crippen LogP contribution in [0.3, 0.4) is 0 Å². The van der Waals surface area contributed by atoms with Gasteiger partial charge in [0.1, 0.15) is 6.10 Å². The number of carboxylic acid groups (broad SMARTS) is 1. The maximum absolute atomic E-state index is 11.2. The summed E-state index contributed by atoms with van der Waals surface area (Å²) in [5, 5.41) is 15.3. The van der Waals surface area contributed by atoms with Crippen LogP contribution in [0.15, 0.2) is 35.5 Å². The summed E-state index contributed by atoms with van der Waals surface area (Å²) in [5.74, 6) is -1.45. The number of carbonyl (C=O) groups is 2. The maximum atomic E-state index is 11.2. The fraction of sp³-hybridized carbons (Fsp3) is 0.154. The van der Waals surface area contributed by atoms with Crippen molar-refractivity contribution in [3.05, 3.63) is 41.7 Å². The van der Waals surface area contributed by atoms with E-state index in [-0.39, 0.29) is 11.0 Å². The van der Waals surface area contributed by atoms with Gasteiger partial charge in [0.15, 0.2) is 0 Å². The predicted molar refractivity (Wildman–Crippen MR) is 79.7 cm³/mol. The third-order valence-electron chi connectivity index (χ3n) is 2.59. The molecule has 8 nitrogen and oxygen atoms in total. The Kier molecular flexibility index (Phi) is 5.15. The number of hydrogen-bond acceptors (Lipinski definition) is 7. The van der Waals surface area contributed by atoms with Crippen LogP contribution in [0.2, 0.25) is 0 Å². The van der Waals surface area contributed by atoms with Gasteiger partial charge in [-0.1, -0.05) is 35.5 Å². The molecule has 1 aromatic carbocycles. The number of benzene rings is 1. The summed E-state index contributed by atoms with van der Waals surface area (Å²) in [4.78, 5) is 30.6. The third kappa shape index (κ3) is 3.85. The summed E-state index contributed by atoms with van der Waals surface area (Å²) in [6.07, 6.45) is -0.00249. The van der Waals surface area contributed by atoms with Crippen LogP contribution in [0.4, 0.5) is 5.13 Å². The van der Waals surface area contributed by atoms with Crippen LogP contribution in [-0.2, 0) is 14.4 Å². The normalized spacial score (nSPS) is 12.5. The standard InChI is InChI=1S/C13H12N4O4S/c1-8(9-5-3-2-4-6-9)21-16-10(12(19)20)11-15-13(14-7-18)22-17-11/h2-8H,1H3,(H,19,20)(H,14,15,17,18). The molecule has 1 unspecified atom stereocenters. The Balaban J connectivity index is 2.16. The molecule has 0 bridgehead atoms. The van der Waals surface area contributed by atoms with Crippen LogP contribution in [0.1, 0.15) is 24.4 Å². The molecule has 1 aromatic heterocycles. The van der Waals surface area contributed by atoms with E-state index in [1.807, 2.05) is 30.3 Å². The molecular formula is C13H12N4O4S. The molecule has 0 aliphatic carbocycles. The second-order valence-electron chi connectivity index (χ2n) is 4.09.